The topological polar surface area (TPSA) is 38.8 Å². The van der Waals surface area contributed by atoms with Crippen molar-refractivity contribution >= 4 is 6.29 Å². The Morgan fingerprint density at radius 3 is 2.67 bits per heavy atom. The van der Waals surface area contributed by atoms with Gasteiger partial charge in [0.15, 0.2) is 17.8 Å². The summed E-state index contributed by atoms with van der Waals surface area (Å²) in [7, 11) is 5.63. The second kappa shape index (κ2) is 7.01. The summed E-state index contributed by atoms with van der Waals surface area (Å²) in [5.41, 5.74) is 0.520. The van der Waals surface area contributed by atoms with E-state index in [0.29, 0.717) is 29.7 Å². The highest BCUT2D eigenvalue weighted by molar-refractivity contribution is 5.81. The van der Waals surface area contributed by atoms with Gasteiger partial charge < -0.3 is 14.4 Å². The number of hydrogen-bond acceptors (Lipinski definition) is 4. The van der Waals surface area contributed by atoms with Gasteiger partial charge in [0.25, 0.3) is 0 Å². The molecule has 0 amide bonds. The maximum atomic E-state index is 11.0. The van der Waals surface area contributed by atoms with Crippen LogP contribution in [0.3, 0.4) is 0 Å². The number of methoxy groups -OCH3 is 1. The van der Waals surface area contributed by atoms with Crippen LogP contribution in [-0.2, 0) is 0 Å². The SMILES string of the molecule is COc1cccc(C=O)c1OCCC(C)N(C)C. The number of rotatable bonds is 7. The molecule has 4 heteroatoms. The summed E-state index contributed by atoms with van der Waals surface area (Å²) >= 11 is 0. The molecule has 0 heterocycles. The van der Waals surface area contributed by atoms with E-state index in [9.17, 15) is 4.79 Å². The zero-order valence-corrected chi connectivity index (χ0v) is 11.5. The Hall–Kier alpha value is -1.55. The third kappa shape index (κ3) is 3.74. The van der Waals surface area contributed by atoms with Crippen LogP contribution >= 0.6 is 0 Å². The van der Waals surface area contributed by atoms with Crippen LogP contribution in [0.15, 0.2) is 18.2 Å². The molecule has 4 nitrogen and oxygen atoms in total. The fraction of sp³-hybridized carbons (Fsp3) is 0.500. The molecule has 1 atom stereocenters. The molecule has 1 rings (SSSR count). The van der Waals surface area contributed by atoms with Gasteiger partial charge in [-0.2, -0.15) is 0 Å². The molecule has 18 heavy (non-hydrogen) atoms. The molecule has 0 spiro atoms. The normalized spacial score (nSPS) is 12.3. The summed E-state index contributed by atoms with van der Waals surface area (Å²) in [6.07, 6.45) is 1.68. The minimum atomic E-state index is 0.430. The van der Waals surface area contributed by atoms with E-state index in [1.54, 1.807) is 25.3 Å². The van der Waals surface area contributed by atoms with Crippen molar-refractivity contribution in [2.45, 2.75) is 19.4 Å². The lowest BCUT2D eigenvalue weighted by Gasteiger charge is -2.20. The summed E-state index contributed by atoms with van der Waals surface area (Å²) in [6, 6.07) is 5.72. The largest absolute Gasteiger partial charge is 0.493 e. The van der Waals surface area contributed by atoms with Gasteiger partial charge in [0.2, 0.25) is 0 Å². The molecule has 0 aromatic heterocycles. The summed E-state index contributed by atoms with van der Waals surface area (Å²) in [4.78, 5) is 13.1. The summed E-state index contributed by atoms with van der Waals surface area (Å²) < 4.78 is 10.9. The zero-order valence-electron chi connectivity index (χ0n) is 11.5. The molecule has 0 aliphatic carbocycles. The first-order valence-electron chi connectivity index (χ1n) is 6.01. The lowest BCUT2D eigenvalue weighted by molar-refractivity contribution is 0.111. The fourth-order valence-electron chi connectivity index (χ4n) is 1.53. The minimum absolute atomic E-state index is 0.430. The van der Waals surface area contributed by atoms with Gasteiger partial charge in [-0.15, -0.1) is 0 Å². The van der Waals surface area contributed by atoms with E-state index in [1.807, 2.05) is 14.1 Å². The van der Waals surface area contributed by atoms with E-state index >= 15 is 0 Å². The van der Waals surface area contributed by atoms with Gasteiger partial charge in [0, 0.05) is 6.04 Å². The first-order chi connectivity index (χ1) is 8.60. The molecule has 0 N–H and O–H groups in total. The fourth-order valence-corrected chi connectivity index (χ4v) is 1.53. The quantitative estimate of drug-likeness (QED) is 0.697. The maximum Gasteiger partial charge on any atom is 0.171 e. The average Bonchev–Trinajstić information content (AvgIpc) is 2.38. The second-order valence-electron chi connectivity index (χ2n) is 4.45. The highest BCUT2D eigenvalue weighted by atomic mass is 16.5. The number of carbonyl (C=O) groups excluding carboxylic acids is 1. The molecule has 1 aromatic carbocycles. The Morgan fingerprint density at radius 1 is 1.39 bits per heavy atom. The number of nitrogens with zero attached hydrogens (tertiary/aromatic N) is 1. The molecule has 0 bridgehead atoms. The molecule has 100 valence electrons. The lowest BCUT2D eigenvalue weighted by Crippen LogP contribution is -2.26. The van der Waals surface area contributed by atoms with Gasteiger partial charge in [0.05, 0.1) is 19.3 Å². The Balaban J connectivity index is 2.68. The summed E-state index contributed by atoms with van der Waals surface area (Å²) in [6.45, 7) is 2.69. The Bertz CT molecular complexity index is 391. The number of hydrogen-bond donors (Lipinski definition) is 0. The van der Waals surface area contributed by atoms with Crippen LogP contribution in [0, 0.1) is 0 Å². The molecule has 0 aliphatic heterocycles. The van der Waals surface area contributed by atoms with Gasteiger partial charge >= 0.3 is 0 Å². The number of carbonyl (C=O) groups is 1. The third-order valence-corrected chi connectivity index (χ3v) is 3.02. The molecule has 0 aliphatic rings. The molecule has 0 fully saturated rings. The summed E-state index contributed by atoms with van der Waals surface area (Å²) in [5.74, 6) is 1.12. The van der Waals surface area contributed by atoms with Crippen LogP contribution in [0.2, 0.25) is 0 Å². The second-order valence-corrected chi connectivity index (χ2v) is 4.45. The molecular weight excluding hydrogens is 230 g/mol. The third-order valence-electron chi connectivity index (χ3n) is 3.02. The minimum Gasteiger partial charge on any atom is -0.493 e. The van der Waals surface area contributed by atoms with Crippen LogP contribution in [-0.4, -0.2) is 45.0 Å². The van der Waals surface area contributed by atoms with Crippen LogP contribution in [0.5, 0.6) is 11.5 Å². The van der Waals surface area contributed by atoms with Gasteiger partial charge in [-0.25, -0.2) is 0 Å². The maximum absolute atomic E-state index is 11.0. The predicted molar refractivity (Wildman–Crippen MR) is 71.6 cm³/mol. The van der Waals surface area contributed by atoms with E-state index in [4.69, 9.17) is 9.47 Å². The Labute approximate surface area is 108 Å². The smallest absolute Gasteiger partial charge is 0.171 e. The lowest BCUT2D eigenvalue weighted by atomic mass is 10.2. The van der Waals surface area contributed by atoms with E-state index in [0.717, 1.165) is 12.7 Å². The molecule has 0 saturated carbocycles. The van der Waals surface area contributed by atoms with Crippen molar-refractivity contribution in [1.82, 2.24) is 4.90 Å². The van der Waals surface area contributed by atoms with E-state index in [2.05, 4.69) is 11.8 Å². The van der Waals surface area contributed by atoms with Crippen molar-refractivity contribution in [3.8, 4) is 11.5 Å². The van der Waals surface area contributed by atoms with Crippen molar-refractivity contribution in [2.24, 2.45) is 0 Å². The van der Waals surface area contributed by atoms with Crippen LogP contribution in [0.25, 0.3) is 0 Å². The predicted octanol–water partition coefficient (Wildman–Crippen LogP) is 2.23. The number of benzene rings is 1. The van der Waals surface area contributed by atoms with Crippen molar-refractivity contribution in [2.75, 3.05) is 27.8 Å². The standard InChI is InChI=1S/C14H21NO3/c1-11(15(2)3)8-9-18-14-12(10-16)6-5-7-13(14)17-4/h5-7,10-11H,8-9H2,1-4H3. The summed E-state index contributed by atoms with van der Waals surface area (Å²) in [5, 5.41) is 0. The van der Waals surface area contributed by atoms with E-state index in [-0.39, 0.29) is 0 Å². The van der Waals surface area contributed by atoms with Crippen molar-refractivity contribution in [3.63, 3.8) is 0 Å². The van der Waals surface area contributed by atoms with Crippen LogP contribution in [0.1, 0.15) is 23.7 Å². The number of ether oxygens (including phenoxy) is 2. The van der Waals surface area contributed by atoms with Gasteiger partial charge in [-0.1, -0.05) is 6.07 Å². The first kappa shape index (κ1) is 14.5. The highest BCUT2D eigenvalue weighted by Crippen LogP contribution is 2.30. The monoisotopic (exact) mass is 251 g/mol. The number of para-hydroxylation sites is 1. The van der Waals surface area contributed by atoms with Gasteiger partial charge in [-0.3, -0.25) is 4.79 Å². The zero-order chi connectivity index (χ0) is 13.5. The molecule has 1 unspecified atom stereocenters. The molecule has 0 radical (unpaired) electrons. The van der Waals surface area contributed by atoms with Gasteiger partial charge in [-0.05, 0) is 39.6 Å². The van der Waals surface area contributed by atoms with Crippen molar-refractivity contribution in [3.05, 3.63) is 23.8 Å². The molecular formula is C14H21NO3. The van der Waals surface area contributed by atoms with Gasteiger partial charge in [0.1, 0.15) is 0 Å². The molecule has 1 aromatic rings. The van der Waals surface area contributed by atoms with Crippen molar-refractivity contribution < 1.29 is 14.3 Å². The van der Waals surface area contributed by atoms with Crippen molar-refractivity contribution in [1.29, 1.82) is 0 Å². The van der Waals surface area contributed by atoms with Crippen LogP contribution in [0.4, 0.5) is 0 Å². The van der Waals surface area contributed by atoms with E-state index in [1.165, 1.54) is 0 Å². The Kier molecular flexibility index (Phi) is 5.65. The highest BCUT2D eigenvalue weighted by Gasteiger charge is 2.11. The van der Waals surface area contributed by atoms with Crippen LogP contribution < -0.4 is 9.47 Å². The van der Waals surface area contributed by atoms with E-state index < -0.39 is 0 Å². The Morgan fingerprint density at radius 2 is 2.11 bits per heavy atom. The number of aldehydes is 1. The first-order valence-corrected chi connectivity index (χ1v) is 6.01. The average molecular weight is 251 g/mol. The molecule has 0 saturated heterocycles.